The summed E-state index contributed by atoms with van der Waals surface area (Å²) in [5.74, 6) is 4.68. The molecule has 2 rings (SSSR count). The van der Waals surface area contributed by atoms with Crippen molar-refractivity contribution < 1.29 is 4.79 Å². The maximum atomic E-state index is 11.6. The van der Waals surface area contributed by atoms with Gasteiger partial charge in [-0.05, 0) is 17.7 Å². The Kier molecular flexibility index (Phi) is 4.53. The maximum Gasteiger partial charge on any atom is 0.347 e. The van der Waals surface area contributed by atoms with Crippen LogP contribution in [0, 0.1) is 0 Å². The Morgan fingerprint density at radius 3 is 2.90 bits per heavy atom. The van der Waals surface area contributed by atoms with Crippen LogP contribution in [0.2, 0.25) is 5.02 Å². The molecule has 6 nitrogen and oxygen atoms in total. The zero-order valence-corrected chi connectivity index (χ0v) is 12.5. The topological polar surface area (TPSA) is 90.0 Å². The number of nitrogens with zero attached hydrogens (tertiary/aromatic N) is 2. The first-order chi connectivity index (χ1) is 9.51. The second-order valence-electron chi connectivity index (χ2n) is 3.96. The largest absolute Gasteiger partial charge is 0.347 e. The van der Waals surface area contributed by atoms with Crippen LogP contribution in [0.3, 0.4) is 0 Å². The Morgan fingerprint density at radius 2 is 2.25 bits per heavy atom. The Balaban J connectivity index is 2.33. The lowest BCUT2D eigenvalue weighted by atomic mass is 10.1. The first-order valence-corrected chi connectivity index (χ1v) is 6.69. The van der Waals surface area contributed by atoms with Gasteiger partial charge >= 0.3 is 5.69 Å². The molecule has 0 aliphatic rings. The molecule has 104 valence electrons. The molecule has 0 bridgehead atoms. The fraction of sp³-hybridized carbons (Fsp3) is 0.0833. The molecule has 0 atom stereocenters. The molecule has 0 unspecified atom stereocenters. The number of rotatable bonds is 3. The summed E-state index contributed by atoms with van der Waals surface area (Å²) >= 11 is 9.16. The number of hydrazine groups is 1. The number of carbonyl (C=O) groups excluding carboxylic acids is 1. The first-order valence-electron chi connectivity index (χ1n) is 5.52. The third-order valence-corrected chi connectivity index (χ3v) is 3.54. The lowest BCUT2D eigenvalue weighted by Crippen LogP contribution is -2.30. The van der Waals surface area contributed by atoms with Crippen LogP contribution < -0.4 is 17.0 Å². The molecule has 0 aliphatic carbocycles. The van der Waals surface area contributed by atoms with Crippen molar-refractivity contribution in [3.63, 3.8) is 0 Å². The average molecular weight is 358 g/mol. The van der Waals surface area contributed by atoms with E-state index in [1.54, 1.807) is 18.2 Å². The van der Waals surface area contributed by atoms with Gasteiger partial charge in [0, 0.05) is 16.2 Å². The second-order valence-corrected chi connectivity index (χ2v) is 5.25. The Morgan fingerprint density at radius 1 is 1.50 bits per heavy atom. The van der Waals surface area contributed by atoms with E-state index in [2.05, 4.69) is 26.3 Å². The quantitative estimate of drug-likeness (QED) is 0.492. The Hall–Kier alpha value is -1.70. The number of amides is 1. The molecule has 0 saturated heterocycles. The first kappa shape index (κ1) is 14.7. The number of nitrogens with two attached hydrogens (primary N) is 1. The molecular weight excluding hydrogens is 348 g/mol. The molecule has 1 aromatic heterocycles. The average Bonchev–Trinajstić information content (AvgIpc) is 2.44. The van der Waals surface area contributed by atoms with Crippen LogP contribution in [-0.4, -0.2) is 15.5 Å². The van der Waals surface area contributed by atoms with Crippen molar-refractivity contribution in [1.82, 2.24) is 15.0 Å². The van der Waals surface area contributed by atoms with Gasteiger partial charge in [-0.15, -0.1) is 0 Å². The predicted molar refractivity (Wildman–Crippen MR) is 78.4 cm³/mol. The third-order valence-electron chi connectivity index (χ3n) is 2.61. The highest BCUT2D eigenvalue weighted by atomic mass is 79.9. The van der Waals surface area contributed by atoms with Crippen molar-refractivity contribution in [2.75, 3.05) is 0 Å². The normalized spacial score (nSPS) is 10.3. The Labute approximate surface area is 127 Å². The van der Waals surface area contributed by atoms with Crippen LogP contribution in [0.4, 0.5) is 0 Å². The molecule has 3 N–H and O–H groups in total. The summed E-state index contributed by atoms with van der Waals surface area (Å²) in [6.45, 7) is 0.289. The van der Waals surface area contributed by atoms with Gasteiger partial charge in [0.25, 0.3) is 5.91 Å². The SMILES string of the molecule is NNC(=O)c1ccc(Cn2cc(Cl)cnc2=O)c(Br)c1. The standard InChI is InChI=1S/C12H10BrClN4O2/c13-10-3-7(11(19)17-15)1-2-8(10)5-18-6-9(14)4-16-12(18)20/h1-4,6H,5,15H2,(H,17,19). The van der Waals surface area contributed by atoms with E-state index in [4.69, 9.17) is 17.4 Å². The fourth-order valence-electron chi connectivity index (χ4n) is 1.63. The lowest BCUT2D eigenvalue weighted by Gasteiger charge is -2.09. The van der Waals surface area contributed by atoms with Crippen molar-refractivity contribution in [2.24, 2.45) is 5.84 Å². The van der Waals surface area contributed by atoms with E-state index in [-0.39, 0.29) is 12.5 Å². The number of hydrogen-bond acceptors (Lipinski definition) is 4. The van der Waals surface area contributed by atoms with Crippen molar-refractivity contribution in [2.45, 2.75) is 6.54 Å². The van der Waals surface area contributed by atoms with Gasteiger partial charge < -0.3 is 0 Å². The monoisotopic (exact) mass is 356 g/mol. The molecule has 0 saturated carbocycles. The molecule has 1 amide bonds. The summed E-state index contributed by atoms with van der Waals surface area (Å²) in [7, 11) is 0. The predicted octanol–water partition coefficient (Wildman–Crippen LogP) is 1.31. The van der Waals surface area contributed by atoms with Gasteiger partial charge in [0.05, 0.1) is 17.8 Å². The molecule has 2 aromatic rings. The fourth-order valence-corrected chi connectivity index (χ4v) is 2.30. The van der Waals surface area contributed by atoms with Crippen LogP contribution in [-0.2, 0) is 6.54 Å². The Bertz CT molecular complexity index is 717. The van der Waals surface area contributed by atoms with E-state index >= 15 is 0 Å². The van der Waals surface area contributed by atoms with Gasteiger partial charge in [-0.25, -0.2) is 15.6 Å². The van der Waals surface area contributed by atoms with Crippen LogP contribution in [0.5, 0.6) is 0 Å². The van der Waals surface area contributed by atoms with Crippen molar-refractivity contribution >= 4 is 33.4 Å². The molecule has 1 aromatic carbocycles. The lowest BCUT2D eigenvalue weighted by molar-refractivity contribution is 0.0953. The van der Waals surface area contributed by atoms with E-state index in [1.165, 1.54) is 17.0 Å². The minimum Gasteiger partial charge on any atom is -0.293 e. The van der Waals surface area contributed by atoms with Gasteiger partial charge in [-0.1, -0.05) is 33.6 Å². The minimum atomic E-state index is -0.398. The summed E-state index contributed by atoms with van der Waals surface area (Å²) < 4.78 is 2.07. The number of nitrogens with one attached hydrogen (secondary N) is 1. The van der Waals surface area contributed by atoms with Gasteiger partial charge in [-0.3, -0.25) is 14.8 Å². The number of aromatic nitrogens is 2. The highest BCUT2D eigenvalue weighted by molar-refractivity contribution is 9.10. The third kappa shape index (κ3) is 3.24. The van der Waals surface area contributed by atoms with E-state index in [1.807, 2.05) is 0 Å². The van der Waals surface area contributed by atoms with E-state index < -0.39 is 5.69 Å². The van der Waals surface area contributed by atoms with Gasteiger partial charge in [0.1, 0.15) is 0 Å². The molecule has 20 heavy (non-hydrogen) atoms. The molecule has 0 aliphatic heterocycles. The zero-order chi connectivity index (χ0) is 14.7. The highest BCUT2D eigenvalue weighted by Crippen LogP contribution is 2.19. The number of halogens is 2. The van der Waals surface area contributed by atoms with E-state index in [0.29, 0.717) is 15.1 Å². The molecule has 0 radical (unpaired) electrons. The number of nitrogen functional groups attached to an aromatic ring is 1. The van der Waals surface area contributed by atoms with E-state index in [9.17, 15) is 9.59 Å². The zero-order valence-electron chi connectivity index (χ0n) is 10.1. The van der Waals surface area contributed by atoms with Crippen LogP contribution in [0.1, 0.15) is 15.9 Å². The van der Waals surface area contributed by atoms with Gasteiger partial charge in [-0.2, -0.15) is 0 Å². The smallest absolute Gasteiger partial charge is 0.293 e. The summed E-state index contributed by atoms with van der Waals surface area (Å²) in [6, 6.07) is 4.97. The number of carbonyl (C=O) groups is 1. The molecule has 0 fully saturated rings. The second kappa shape index (κ2) is 6.17. The van der Waals surface area contributed by atoms with E-state index in [0.717, 1.165) is 5.56 Å². The van der Waals surface area contributed by atoms with Crippen molar-refractivity contribution in [1.29, 1.82) is 0 Å². The number of hydrogen-bond donors (Lipinski definition) is 2. The maximum absolute atomic E-state index is 11.6. The van der Waals surface area contributed by atoms with Crippen molar-refractivity contribution in [3.05, 3.63) is 61.7 Å². The van der Waals surface area contributed by atoms with Crippen LogP contribution in [0.25, 0.3) is 0 Å². The summed E-state index contributed by atoms with van der Waals surface area (Å²) in [5, 5.41) is 0.375. The minimum absolute atomic E-state index is 0.289. The molecule has 1 heterocycles. The summed E-state index contributed by atoms with van der Waals surface area (Å²) in [4.78, 5) is 26.6. The molecule has 8 heteroatoms. The number of benzene rings is 1. The summed E-state index contributed by atoms with van der Waals surface area (Å²) in [5.41, 5.74) is 2.88. The summed E-state index contributed by atoms with van der Waals surface area (Å²) in [6.07, 6.45) is 2.80. The van der Waals surface area contributed by atoms with Gasteiger partial charge in [0.15, 0.2) is 0 Å². The molecular formula is C12H10BrClN4O2. The van der Waals surface area contributed by atoms with Crippen molar-refractivity contribution in [3.8, 4) is 0 Å². The highest BCUT2D eigenvalue weighted by Gasteiger charge is 2.08. The van der Waals surface area contributed by atoms with Crippen LogP contribution in [0.15, 0.2) is 39.9 Å². The molecule has 0 spiro atoms. The van der Waals surface area contributed by atoms with Crippen LogP contribution >= 0.6 is 27.5 Å². The van der Waals surface area contributed by atoms with Gasteiger partial charge in [0.2, 0.25) is 0 Å².